The zero-order chi connectivity index (χ0) is 11.0. The van der Waals surface area contributed by atoms with E-state index in [9.17, 15) is 0 Å². The molecule has 3 rings (SSSR count). The third kappa shape index (κ3) is 1.55. The Hall–Kier alpha value is -1.22. The summed E-state index contributed by atoms with van der Waals surface area (Å²) in [6, 6.07) is 6.29. The molecule has 0 spiro atoms. The highest BCUT2D eigenvalue weighted by Crippen LogP contribution is 2.39. The van der Waals surface area contributed by atoms with E-state index >= 15 is 0 Å². The predicted molar refractivity (Wildman–Crippen MR) is 60.5 cm³/mol. The van der Waals surface area contributed by atoms with Crippen LogP contribution in [0.5, 0.6) is 11.5 Å². The smallest absolute Gasteiger partial charge is 0.161 e. The lowest BCUT2D eigenvalue weighted by Crippen LogP contribution is -2.68. The Balaban J connectivity index is 1.96. The molecule has 0 amide bonds. The summed E-state index contributed by atoms with van der Waals surface area (Å²) < 4.78 is 11.1. The molecule has 1 aliphatic carbocycles. The lowest BCUT2D eigenvalue weighted by atomic mass is 9.89. The maximum atomic E-state index is 5.62. The van der Waals surface area contributed by atoms with Crippen LogP contribution in [-0.4, -0.2) is 13.2 Å². The highest BCUT2D eigenvalue weighted by atomic mass is 16.6. The van der Waals surface area contributed by atoms with Crippen molar-refractivity contribution >= 4 is 0 Å². The molecule has 1 aliphatic heterocycles. The monoisotopic (exact) mass is 220 g/mol. The largest absolute Gasteiger partial charge is 0.486 e. The van der Waals surface area contributed by atoms with Crippen LogP contribution in [0.2, 0.25) is 0 Å². The number of quaternary nitrogens is 1. The Morgan fingerprint density at radius 1 is 1.00 bits per heavy atom. The third-order valence-electron chi connectivity index (χ3n) is 3.72. The minimum atomic E-state index is 0.107. The Labute approximate surface area is 95.5 Å². The standard InChI is InChI=1S/C13H17NO2/c14-13(5-1-2-6-13)10-3-4-11-12(9-10)16-8-7-15-11/h3-4,9H,1-2,5-8,14H2/p+1. The molecule has 16 heavy (non-hydrogen) atoms. The van der Waals surface area contributed by atoms with Gasteiger partial charge in [0, 0.05) is 18.4 Å². The molecule has 3 heteroatoms. The first kappa shape index (κ1) is 9.97. The van der Waals surface area contributed by atoms with E-state index in [4.69, 9.17) is 9.47 Å². The molecule has 1 fully saturated rings. The zero-order valence-corrected chi connectivity index (χ0v) is 9.50. The van der Waals surface area contributed by atoms with Crippen molar-refractivity contribution in [3.05, 3.63) is 23.8 Å². The van der Waals surface area contributed by atoms with Crippen LogP contribution < -0.4 is 15.2 Å². The molecule has 0 aromatic heterocycles. The van der Waals surface area contributed by atoms with Gasteiger partial charge in [-0.1, -0.05) is 0 Å². The van der Waals surface area contributed by atoms with E-state index in [0.29, 0.717) is 13.2 Å². The molecule has 3 nitrogen and oxygen atoms in total. The van der Waals surface area contributed by atoms with Crippen LogP contribution in [0.4, 0.5) is 0 Å². The first-order valence-corrected chi connectivity index (χ1v) is 6.03. The van der Waals surface area contributed by atoms with Crippen molar-refractivity contribution in [2.75, 3.05) is 13.2 Å². The number of hydrogen-bond acceptors (Lipinski definition) is 2. The van der Waals surface area contributed by atoms with Gasteiger partial charge in [-0.2, -0.15) is 0 Å². The van der Waals surface area contributed by atoms with Gasteiger partial charge in [0.05, 0.1) is 0 Å². The number of hydrogen-bond donors (Lipinski definition) is 1. The highest BCUT2D eigenvalue weighted by molar-refractivity contribution is 5.45. The summed E-state index contributed by atoms with van der Waals surface area (Å²) in [4.78, 5) is 0. The maximum Gasteiger partial charge on any atom is 0.161 e. The SMILES string of the molecule is [NH3+]C1(c2ccc3c(c2)OCCO3)CCCC1. The number of benzene rings is 1. The average molecular weight is 220 g/mol. The van der Waals surface area contributed by atoms with E-state index in [-0.39, 0.29) is 5.54 Å². The van der Waals surface area contributed by atoms with Crippen LogP contribution in [0.1, 0.15) is 31.2 Å². The van der Waals surface area contributed by atoms with Gasteiger partial charge >= 0.3 is 0 Å². The lowest BCUT2D eigenvalue weighted by Gasteiger charge is -2.24. The average Bonchev–Trinajstić information content (AvgIpc) is 2.77. The summed E-state index contributed by atoms with van der Waals surface area (Å²) in [5, 5.41) is 0. The summed E-state index contributed by atoms with van der Waals surface area (Å²) in [6.45, 7) is 1.31. The van der Waals surface area contributed by atoms with E-state index < -0.39 is 0 Å². The first-order chi connectivity index (χ1) is 7.78. The van der Waals surface area contributed by atoms with Crippen molar-refractivity contribution in [3.8, 4) is 11.5 Å². The van der Waals surface area contributed by atoms with Gasteiger partial charge in [-0.25, -0.2) is 0 Å². The second-order valence-electron chi connectivity index (χ2n) is 4.85. The fourth-order valence-corrected chi connectivity index (χ4v) is 2.71. The number of rotatable bonds is 1. The van der Waals surface area contributed by atoms with E-state index in [2.05, 4.69) is 17.9 Å². The molecule has 0 radical (unpaired) electrons. The second kappa shape index (κ2) is 3.67. The third-order valence-corrected chi connectivity index (χ3v) is 3.72. The van der Waals surface area contributed by atoms with E-state index in [0.717, 1.165) is 11.5 Å². The van der Waals surface area contributed by atoms with Crippen molar-refractivity contribution in [1.82, 2.24) is 0 Å². The molecule has 1 heterocycles. The molecule has 0 saturated heterocycles. The van der Waals surface area contributed by atoms with Gasteiger partial charge in [0.15, 0.2) is 11.5 Å². The van der Waals surface area contributed by atoms with Crippen molar-refractivity contribution in [1.29, 1.82) is 0 Å². The molecule has 1 aromatic rings. The predicted octanol–water partition coefficient (Wildman–Crippen LogP) is 1.47. The van der Waals surface area contributed by atoms with E-state index in [1.165, 1.54) is 31.2 Å². The lowest BCUT2D eigenvalue weighted by molar-refractivity contribution is -0.486. The second-order valence-corrected chi connectivity index (χ2v) is 4.85. The van der Waals surface area contributed by atoms with E-state index in [1.807, 2.05) is 6.07 Å². The minimum absolute atomic E-state index is 0.107. The quantitative estimate of drug-likeness (QED) is 0.779. The molecule has 0 unspecified atom stereocenters. The van der Waals surface area contributed by atoms with Gasteiger partial charge in [0.25, 0.3) is 0 Å². The normalized spacial score (nSPS) is 22.1. The summed E-state index contributed by atoms with van der Waals surface area (Å²) in [6.07, 6.45) is 4.95. The summed E-state index contributed by atoms with van der Waals surface area (Å²) >= 11 is 0. The molecule has 0 bridgehead atoms. The molecule has 3 N–H and O–H groups in total. The van der Waals surface area contributed by atoms with Gasteiger partial charge in [0.1, 0.15) is 18.8 Å². The van der Waals surface area contributed by atoms with Gasteiger partial charge < -0.3 is 15.2 Å². The van der Waals surface area contributed by atoms with Crippen LogP contribution in [0.3, 0.4) is 0 Å². The zero-order valence-electron chi connectivity index (χ0n) is 9.50. The Kier molecular flexibility index (Phi) is 2.28. The maximum absolute atomic E-state index is 5.62. The first-order valence-electron chi connectivity index (χ1n) is 6.03. The minimum Gasteiger partial charge on any atom is -0.486 e. The molecule has 2 aliphatic rings. The van der Waals surface area contributed by atoms with Gasteiger partial charge in [-0.3, -0.25) is 0 Å². The molecule has 86 valence electrons. The fourth-order valence-electron chi connectivity index (χ4n) is 2.71. The van der Waals surface area contributed by atoms with Crippen molar-refractivity contribution in [2.45, 2.75) is 31.2 Å². The molecule has 1 saturated carbocycles. The molecule has 0 atom stereocenters. The van der Waals surface area contributed by atoms with Crippen LogP contribution in [0.15, 0.2) is 18.2 Å². The van der Waals surface area contributed by atoms with Gasteiger partial charge in [-0.05, 0) is 31.0 Å². The topological polar surface area (TPSA) is 46.1 Å². The summed E-state index contributed by atoms with van der Waals surface area (Å²) in [7, 11) is 0. The number of ether oxygens (including phenoxy) is 2. The molecular formula is C13H18NO2+. The van der Waals surface area contributed by atoms with Gasteiger partial charge in [0.2, 0.25) is 0 Å². The molecule has 1 aromatic carbocycles. The van der Waals surface area contributed by atoms with Crippen LogP contribution >= 0.6 is 0 Å². The van der Waals surface area contributed by atoms with Crippen LogP contribution in [-0.2, 0) is 5.54 Å². The van der Waals surface area contributed by atoms with Crippen LogP contribution in [0.25, 0.3) is 0 Å². The highest BCUT2D eigenvalue weighted by Gasteiger charge is 2.36. The Morgan fingerprint density at radius 2 is 1.69 bits per heavy atom. The molecular weight excluding hydrogens is 202 g/mol. The Bertz CT molecular complexity index is 397. The number of fused-ring (bicyclic) bond motifs is 1. The fraction of sp³-hybridized carbons (Fsp3) is 0.538. The van der Waals surface area contributed by atoms with Crippen molar-refractivity contribution in [3.63, 3.8) is 0 Å². The van der Waals surface area contributed by atoms with Crippen molar-refractivity contribution < 1.29 is 15.2 Å². The van der Waals surface area contributed by atoms with Crippen LogP contribution in [0, 0.1) is 0 Å². The van der Waals surface area contributed by atoms with E-state index in [1.54, 1.807) is 0 Å². The van der Waals surface area contributed by atoms with Gasteiger partial charge in [-0.15, -0.1) is 0 Å². The summed E-state index contributed by atoms with van der Waals surface area (Å²) in [5.41, 5.74) is 5.80. The summed E-state index contributed by atoms with van der Waals surface area (Å²) in [5.74, 6) is 1.76. The Morgan fingerprint density at radius 3 is 2.44 bits per heavy atom. The van der Waals surface area contributed by atoms with Crippen molar-refractivity contribution in [2.24, 2.45) is 0 Å².